The van der Waals surface area contributed by atoms with E-state index in [2.05, 4.69) is 10.4 Å². The Balaban J connectivity index is 2.31. The summed E-state index contributed by atoms with van der Waals surface area (Å²) in [6.45, 7) is 0.752. The van der Waals surface area contributed by atoms with Crippen molar-refractivity contribution < 1.29 is 14.7 Å². The van der Waals surface area contributed by atoms with Gasteiger partial charge in [0.05, 0.1) is 12.2 Å². The topological polar surface area (TPSA) is 105 Å². The zero-order valence-corrected chi connectivity index (χ0v) is 10.4. The molecule has 0 radical (unpaired) electrons. The Morgan fingerprint density at radius 2 is 2.32 bits per heavy atom. The van der Waals surface area contributed by atoms with E-state index < -0.39 is 17.1 Å². The summed E-state index contributed by atoms with van der Waals surface area (Å²) < 4.78 is 0. The van der Waals surface area contributed by atoms with Gasteiger partial charge in [-0.25, -0.2) is 9.80 Å². The SMILES string of the molecule is CN(C(=O)[C@@H]1CCCN1)n1nccc(C(=O)O)c1=O. The van der Waals surface area contributed by atoms with Crippen LogP contribution in [0.2, 0.25) is 0 Å². The van der Waals surface area contributed by atoms with Gasteiger partial charge < -0.3 is 10.4 Å². The lowest BCUT2D eigenvalue weighted by Crippen LogP contribution is -2.52. The Kier molecular flexibility index (Phi) is 3.61. The second-order valence-electron chi connectivity index (χ2n) is 4.26. The maximum atomic E-state index is 12.1. The van der Waals surface area contributed by atoms with Gasteiger partial charge in [-0.05, 0) is 25.5 Å². The number of amides is 1. The van der Waals surface area contributed by atoms with Crippen molar-refractivity contribution in [2.75, 3.05) is 18.6 Å². The van der Waals surface area contributed by atoms with E-state index in [-0.39, 0.29) is 11.9 Å². The van der Waals surface area contributed by atoms with Crippen LogP contribution in [0.5, 0.6) is 0 Å². The van der Waals surface area contributed by atoms with Gasteiger partial charge in [0, 0.05) is 7.05 Å². The quantitative estimate of drug-likeness (QED) is 0.711. The molecule has 102 valence electrons. The molecule has 1 aromatic rings. The number of carboxylic acid groups (broad SMARTS) is 1. The molecule has 0 spiro atoms. The van der Waals surface area contributed by atoms with E-state index in [4.69, 9.17) is 5.11 Å². The second-order valence-corrected chi connectivity index (χ2v) is 4.26. The second kappa shape index (κ2) is 5.19. The van der Waals surface area contributed by atoms with Crippen LogP contribution in [-0.2, 0) is 4.79 Å². The van der Waals surface area contributed by atoms with E-state index >= 15 is 0 Å². The number of rotatable bonds is 3. The molecule has 0 aromatic carbocycles. The van der Waals surface area contributed by atoms with Crippen LogP contribution in [0, 0.1) is 0 Å². The molecule has 19 heavy (non-hydrogen) atoms. The Labute approximate surface area is 108 Å². The lowest BCUT2D eigenvalue weighted by Gasteiger charge is -2.21. The molecule has 2 heterocycles. The predicted molar refractivity (Wildman–Crippen MR) is 65.6 cm³/mol. The Morgan fingerprint density at radius 1 is 1.58 bits per heavy atom. The van der Waals surface area contributed by atoms with Gasteiger partial charge in [0.25, 0.3) is 5.91 Å². The summed E-state index contributed by atoms with van der Waals surface area (Å²) in [5.41, 5.74) is -1.25. The summed E-state index contributed by atoms with van der Waals surface area (Å²) in [6, 6.07) is 0.750. The molecule has 8 heteroatoms. The number of aromatic carboxylic acids is 1. The fraction of sp³-hybridized carbons (Fsp3) is 0.455. The third-order valence-electron chi connectivity index (χ3n) is 3.02. The molecular formula is C11H14N4O4. The highest BCUT2D eigenvalue weighted by atomic mass is 16.4. The van der Waals surface area contributed by atoms with Crippen LogP contribution in [-0.4, -0.2) is 46.5 Å². The number of nitrogens with one attached hydrogen (secondary N) is 1. The fourth-order valence-electron chi connectivity index (χ4n) is 1.99. The number of carboxylic acids is 1. The van der Waals surface area contributed by atoms with Crippen LogP contribution in [0.3, 0.4) is 0 Å². The van der Waals surface area contributed by atoms with Gasteiger partial charge in [0.15, 0.2) is 0 Å². The molecule has 8 nitrogen and oxygen atoms in total. The summed E-state index contributed by atoms with van der Waals surface area (Å²) in [4.78, 5) is 35.6. The largest absolute Gasteiger partial charge is 0.477 e. The summed E-state index contributed by atoms with van der Waals surface area (Å²) >= 11 is 0. The van der Waals surface area contributed by atoms with Gasteiger partial charge in [0.2, 0.25) is 0 Å². The zero-order valence-electron chi connectivity index (χ0n) is 10.4. The number of aromatic nitrogens is 2. The number of hydrogen-bond acceptors (Lipinski definition) is 5. The number of hydrogen-bond donors (Lipinski definition) is 2. The summed E-state index contributed by atoms with van der Waals surface area (Å²) in [6.07, 6.45) is 2.76. The predicted octanol–water partition coefficient (Wildman–Crippen LogP) is -1.21. The highest BCUT2D eigenvalue weighted by molar-refractivity contribution is 5.91. The minimum atomic E-state index is -1.35. The number of nitrogens with zero attached hydrogens (tertiary/aromatic N) is 3. The molecule has 1 fully saturated rings. The van der Waals surface area contributed by atoms with Crippen LogP contribution in [0.25, 0.3) is 0 Å². The molecule has 1 aromatic heterocycles. The Bertz CT molecular complexity index is 562. The number of carbonyl (C=O) groups is 2. The standard InChI is InChI=1S/C11H14N4O4/c1-14(10(17)8-3-2-5-12-8)15-9(16)7(11(18)19)4-6-13-15/h4,6,8,12H,2-3,5H2,1H3,(H,18,19)/t8-/m0/s1. The van der Waals surface area contributed by atoms with Crippen molar-refractivity contribution in [3.8, 4) is 0 Å². The minimum absolute atomic E-state index is 0.311. The summed E-state index contributed by atoms with van der Waals surface area (Å²) in [5.74, 6) is -1.66. The molecule has 1 atom stereocenters. The molecule has 0 bridgehead atoms. The van der Waals surface area contributed by atoms with E-state index in [1.54, 1.807) is 0 Å². The molecule has 2 N–H and O–H groups in total. The van der Waals surface area contributed by atoms with Gasteiger partial charge in [0.1, 0.15) is 5.56 Å². The van der Waals surface area contributed by atoms with Crippen molar-refractivity contribution in [1.29, 1.82) is 0 Å². The van der Waals surface area contributed by atoms with Crippen LogP contribution in [0.15, 0.2) is 17.1 Å². The van der Waals surface area contributed by atoms with E-state index in [9.17, 15) is 14.4 Å². The molecule has 0 saturated carbocycles. The lowest BCUT2D eigenvalue weighted by molar-refractivity contribution is -0.121. The van der Waals surface area contributed by atoms with Gasteiger partial charge in [-0.15, -0.1) is 4.79 Å². The third-order valence-corrected chi connectivity index (χ3v) is 3.02. The van der Waals surface area contributed by atoms with E-state index in [1.807, 2.05) is 0 Å². The van der Waals surface area contributed by atoms with Crippen molar-refractivity contribution in [3.63, 3.8) is 0 Å². The minimum Gasteiger partial charge on any atom is -0.477 e. The Hall–Kier alpha value is -2.22. The third kappa shape index (κ3) is 2.48. The molecule has 0 unspecified atom stereocenters. The van der Waals surface area contributed by atoms with Gasteiger partial charge >= 0.3 is 11.5 Å². The zero-order chi connectivity index (χ0) is 14.0. The maximum Gasteiger partial charge on any atom is 0.341 e. The van der Waals surface area contributed by atoms with Crippen molar-refractivity contribution in [2.45, 2.75) is 18.9 Å². The average molecular weight is 266 g/mol. The van der Waals surface area contributed by atoms with Gasteiger partial charge in [-0.2, -0.15) is 5.10 Å². The van der Waals surface area contributed by atoms with E-state index in [0.29, 0.717) is 6.42 Å². The molecule has 0 aliphatic carbocycles. The first-order valence-corrected chi connectivity index (χ1v) is 5.85. The van der Waals surface area contributed by atoms with Crippen molar-refractivity contribution in [1.82, 2.24) is 15.2 Å². The first-order valence-electron chi connectivity index (χ1n) is 5.85. The first kappa shape index (κ1) is 13.2. The summed E-state index contributed by atoms with van der Waals surface area (Å²) in [5, 5.41) is 16.6. The van der Waals surface area contributed by atoms with Crippen LogP contribution < -0.4 is 15.9 Å². The molecule has 1 aliphatic rings. The highest BCUT2D eigenvalue weighted by Crippen LogP contribution is 2.06. The average Bonchev–Trinajstić information content (AvgIpc) is 2.90. The summed E-state index contributed by atoms with van der Waals surface area (Å²) in [7, 11) is 1.39. The molecular weight excluding hydrogens is 252 g/mol. The van der Waals surface area contributed by atoms with E-state index in [1.165, 1.54) is 13.2 Å². The van der Waals surface area contributed by atoms with Crippen molar-refractivity contribution in [3.05, 3.63) is 28.2 Å². The fourth-order valence-corrected chi connectivity index (χ4v) is 1.99. The van der Waals surface area contributed by atoms with Crippen LogP contribution in [0.1, 0.15) is 23.2 Å². The smallest absolute Gasteiger partial charge is 0.341 e. The van der Waals surface area contributed by atoms with E-state index in [0.717, 1.165) is 28.8 Å². The van der Waals surface area contributed by atoms with Gasteiger partial charge in [-0.1, -0.05) is 0 Å². The maximum absolute atomic E-state index is 12.1. The Morgan fingerprint density at radius 3 is 2.89 bits per heavy atom. The lowest BCUT2D eigenvalue weighted by atomic mass is 10.2. The monoisotopic (exact) mass is 266 g/mol. The molecule has 2 rings (SSSR count). The van der Waals surface area contributed by atoms with Crippen molar-refractivity contribution in [2.24, 2.45) is 0 Å². The van der Waals surface area contributed by atoms with Crippen LogP contribution >= 0.6 is 0 Å². The van der Waals surface area contributed by atoms with Crippen LogP contribution in [0.4, 0.5) is 0 Å². The highest BCUT2D eigenvalue weighted by Gasteiger charge is 2.27. The van der Waals surface area contributed by atoms with Crippen molar-refractivity contribution >= 4 is 11.9 Å². The molecule has 1 amide bonds. The van der Waals surface area contributed by atoms with Gasteiger partial charge in [-0.3, -0.25) is 9.59 Å². The first-order chi connectivity index (χ1) is 9.02. The molecule has 1 aliphatic heterocycles. The molecule has 1 saturated heterocycles. The number of likely N-dealkylation sites (N-methyl/N-ethyl adjacent to an activating group) is 1. The normalized spacial score (nSPS) is 18.3. The number of carbonyl (C=O) groups excluding carboxylic acids is 1.